The van der Waals surface area contributed by atoms with Gasteiger partial charge in [0.15, 0.2) is 0 Å². The molecule has 43 heavy (non-hydrogen) atoms. The maximum atomic E-state index is 14.6. The molecule has 226 valence electrons. The molecular formula is C34H39N3O6. The number of amides is 3. The number of hydrogen-bond acceptors (Lipinski definition) is 6. The van der Waals surface area contributed by atoms with E-state index in [1.54, 1.807) is 9.80 Å². The van der Waals surface area contributed by atoms with Crippen LogP contribution < -0.4 is 14.5 Å². The summed E-state index contributed by atoms with van der Waals surface area (Å²) >= 11 is 0. The Morgan fingerprint density at radius 2 is 1.56 bits per heavy atom. The summed E-state index contributed by atoms with van der Waals surface area (Å²) in [7, 11) is 0. The smallest absolute Gasteiger partial charge is 0.253 e. The fraction of sp³-hybridized carbons (Fsp3) is 0.441. The summed E-state index contributed by atoms with van der Waals surface area (Å²) in [6.07, 6.45) is 8.02. The zero-order valence-electron chi connectivity index (χ0n) is 25.2. The van der Waals surface area contributed by atoms with Crippen LogP contribution >= 0.6 is 0 Å². The molecule has 0 aliphatic carbocycles. The second kappa shape index (κ2) is 11.0. The lowest BCUT2D eigenvalue weighted by Crippen LogP contribution is -2.56. The van der Waals surface area contributed by atoms with Gasteiger partial charge in [0.1, 0.15) is 17.4 Å². The monoisotopic (exact) mass is 585 g/mol. The molecule has 9 heteroatoms. The Morgan fingerprint density at radius 1 is 0.884 bits per heavy atom. The molecule has 4 aliphatic rings. The molecular weight excluding hydrogens is 546 g/mol. The van der Waals surface area contributed by atoms with Crippen LogP contribution in [0.15, 0.2) is 66.8 Å². The Hall–Kier alpha value is -3.95. The lowest BCUT2D eigenvalue weighted by Gasteiger charge is -2.38. The molecule has 2 fully saturated rings. The second-order valence-electron chi connectivity index (χ2n) is 11.7. The van der Waals surface area contributed by atoms with Crippen molar-refractivity contribution in [3.8, 4) is 5.75 Å². The van der Waals surface area contributed by atoms with Gasteiger partial charge in [-0.1, -0.05) is 49.4 Å². The van der Waals surface area contributed by atoms with E-state index >= 15 is 0 Å². The number of hydrogen-bond donors (Lipinski definition) is 1. The van der Waals surface area contributed by atoms with E-state index in [0.717, 1.165) is 16.8 Å². The van der Waals surface area contributed by atoms with E-state index in [4.69, 9.17) is 9.47 Å². The summed E-state index contributed by atoms with van der Waals surface area (Å²) in [6, 6.07) is 12.2. The fourth-order valence-electron chi connectivity index (χ4n) is 7.66. The van der Waals surface area contributed by atoms with Crippen LogP contribution in [-0.2, 0) is 19.1 Å². The van der Waals surface area contributed by atoms with Gasteiger partial charge in [-0.05, 0) is 62.6 Å². The fourth-order valence-corrected chi connectivity index (χ4v) is 7.66. The highest BCUT2D eigenvalue weighted by molar-refractivity contribution is 6.08. The number of aryl methyl sites for hydroxylation is 2. The van der Waals surface area contributed by atoms with E-state index in [-0.39, 0.29) is 30.9 Å². The van der Waals surface area contributed by atoms with E-state index in [1.165, 1.54) is 4.90 Å². The molecule has 4 aliphatic heterocycles. The molecule has 0 bridgehead atoms. The van der Waals surface area contributed by atoms with E-state index in [0.29, 0.717) is 37.6 Å². The van der Waals surface area contributed by atoms with Crippen molar-refractivity contribution in [1.29, 1.82) is 0 Å². The number of carbonyl (C=O) groups is 3. The van der Waals surface area contributed by atoms with E-state index in [9.17, 15) is 19.5 Å². The van der Waals surface area contributed by atoms with E-state index < -0.39 is 29.1 Å². The second-order valence-corrected chi connectivity index (χ2v) is 11.7. The van der Waals surface area contributed by atoms with Crippen LogP contribution in [0.5, 0.6) is 5.75 Å². The molecule has 5 atom stereocenters. The summed E-state index contributed by atoms with van der Waals surface area (Å²) in [6.45, 7) is 8.58. The molecule has 2 aromatic rings. The van der Waals surface area contributed by atoms with Gasteiger partial charge >= 0.3 is 0 Å². The summed E-state index contributed by atoms with van der Waals surface area (Å²) in [4.78, 5) is 48.5. The number of β-amino-alcohol motifs (C(OH)–C–C–N with tert-alkyl or cyclic N) is 1. The van der Waals surface area contributed by atoms with Crippen molar-refractivity contribution in [3.05, 3.63) is 77.9 Å². The Bertz CT molecular complexity index is 1480. The number of likely N-dealkylation sites (tertiary alicyclic amines) is 1. The average Bonchev–Trinajstić information content (AvgIpc) is 3.27. The summed E-state index contributed by atoms with van der Waals surface area (Å²) in [5.41, 5.74) is 0.909. The number of carbonyl (C=O) groups excluding carboxylic acids is 3. The normalized spacial score (nSPS) is 29.8. The number of aliphatic hydroxyl groups excluding tert-OH is 1. The molecule has 0 radical (unpaired) electrons. The first-order valence-corrected chi connectivity index (χ1v) is 15.1. The molecule has 2 saturated heterocycles. The van der Waals surface area contributed by atoms with Crippen molar-refractivity contribution in [1.82, 2.24) is 4.90 Å². The minimum atomic E-state index is -1.38. The number of fused-ring (bicyclic) bond motifs is 2. The molecule has 6 rings (SSSR count). The molecule has 1 spiro atoms. The average molecular weight is 586 g/mol. The highest BCUT2D eigenvalue weighted by atomic mass is 16.5. The van der Waals surface area contributed by atoms with Gasteiger partial charge in [0.2, 0.25) is 11.8 Å². The number of rotatable bonds is 7. The topological polar surface area (TPSA) is 99.6 Å². The quantitative estimate of drug-likeness (QED) is 0.499. The summed E-state index contributed by atoms with van der Waals surface area (Å²) in [5.74, 6) is -1.97. The SMILES string of the molecule is CCOc1ccc(N2CC=C[C@@]3(CC)O[C@]45C=CCN(c6c(C)cccc6C)C(=O)C4N(CCO)C(=O)[C@@H]5[C@H]3C2=O)cc1. The van der Waals surface area contributed by atoms with Crippen LogP contribution in [0.3, 0.4) is 0 Å². The van der Waals surface area contributed by atoms with Crippen molar-refractivity contribution < 1.29 is 29.0 Å². The van der Waals surface area contributed by atoms with Crippen LogP contribution in [0.1, 0.15) is 31.4 Å². The first kappa shape index (κ1) is 29.1. The van der Waals surface area contributed by atoms with Crippen LogP contribution in [0.25, 0.3) is 0 Å². The first-order valence-electron chi connectivity index (χ1n) is 15.1. The van der Waals surface area contributed by atoms with Crippen LogP contribution in [-0.4, -0.2) is 77.8 Å². The van der Waals surface area contributed by atoms with Gasteiger partial charge in [-0.25, -0.2) is 0 Å². The standard InChI is InChI=1S/C34H39N3O6/c1-5-33-16-8-18-35(24-12-14-25(15-13-24)42-6-2)30(39)26(33)27-31(40)37(20-21-38)29-32(41)36(19-9-17-34(27,29)43-33)28-22(3)10-7-11-23(28)4/h7-17,26-27,29,38H,5-6,18-21H2,1-4H3/t26-,27-,29?,33+,34-/m0/s1. The minimum Gasteiger partial charge on any atom is -0.494 e. The van der Waals surface area contributed by atoms with Crippen LogP contribution in [0.2, 0.25) is 0 Å². The zero-order chi connectivity index (χ0) is 30.5. The van der Waals surface area contributed by atoms with Gasteiger partial charge < -0.3 is 29.3 Å². The molecule has 2 aromatic carbocycles. The number of benzene rings is 2. The molecule has 3 amide bonds. The third kappa shape index (κ3) is 4.32. The number of nitrogens with zero attached hydrogens (tertiary/aromatic N) is 3. The lowest BCUT2D eigenvalue weighted by molar-refractivity contribution is -0.146. The van der Waals surface area contributed by atoms with Gasteiger partial charge in [-0.15, -0.1) is 0 Å². The zero-order valence-corrected chi connectivity index (χ0v) is 25.2. The first-order chi connectivity index (χ1) is 20.7. The molecule has 1 N–H and O–H groups in total. The Labute approximate surface area is 252 Å². The van der Waals surface area contributed by atoms with Gasteiger partial charge in [0.25, 0.3) is 5.91 Å². The van der Waals surface area contributed by atoms with Gasteiger partial charge in [0.05, 0.1) is 30.7 Å². The van der Waals surface area contributed by atoms with E-state index in [1.807, 2.05) is 94.5 Å². The molecule has 4 heterocycles. The van der Waals surface area contributed by atoms with Crippen molar-refractivity contribution in [2.75, 3.05) is 42.6 Å². The van der Waals surface area contributed by atoms with Gasteiger partial charge in [-0.3, -0.25) is 14.4 Å². The minimum absolute atomic E-state index is 0.0379. The maximum Gasteiger partial charge on any atom is 0.253 e. The van der Waals surface area contributed by atoms with Crippen molar-refractivity contribution in [2.24, 2.45) is 11.8 Å². The predicted molar refractivity (Wildman–Crippen MR) is 163 cm³/mol. The van der Waals surface area contributed by atoms with Gasteiger partial charge in [0, 0.05) is 31.0 Å². The molecule has 1 unspecified atom stereocenters. The third-order valence-corrected chi connectivity index (χ3v) is 9.45. The predicted octanol–water partition coefficient (Wildman–Crippen LogP) is 3.56. The van der Waals surface area contributed by atoms with Crippen molar-refractivity contribution >= 4 is 29.1 Å². The van der Waals surface area contributed by atoms with Crippen LogP contribution in [0, 0.1) is 25.7 Å². The van der Waals surface area contributed by atoms with E-state index in [2.05, 4.69) is 0 Å². The Morgan fingerprint density at radius 3 is 2.21 bits per heavy atom. The van der Waals surface area contributed by atoms with Crippen LogP contribution in [0.4, 0.5) is 11.4 Å². The van der Waals surface area contributed by atoms with Crippen molar-refractivity contribution in [2.45, 2.75) is 51.4 Å². The molecule has 0 saturated carbocycles. The summed E-state index contributed by atoms with van der Waals surface area (Å²) < 4.78 is 12.6. The van der Waals surface area contributed by atoms with Crippen molar-refractivity contribution in [3.63, 3.8) is 0 Å². The number of ether oxygens (including phenoxy) is 2. The highest BCUT2D eigenvalue weighted by Crippen LogP contribution is 2.58. The van der Waals surface area contributed by atoms with Gasteiger partial charge in [-0.2, -0.15) is 0 Å². The Balaban J connectivity index is 1.46. The number of aliphatic hydroxyl groups is 1. The largest absolute Gasteiger partial charge is 0.494 e. The third-order valence-electron chi connectivity index (χ3n) is 9.45. The molecule has 9 nitrogen and oxygen atoms in total. The molecule has 0 aromatic heterocycles. The Kier molecular flexibility index (Phi) is 7.42. The number of para-hydroxylation sites is 1. The number of anilines is 2. The highest BCUT2D eigenvalue weighted by Gasteiger charge is 2.75. The lowest BCUT2D eigenvalue weighted by atomic mass is 9.73. The summed E-state index contributed by atoms with van der Waals surface area (Å²) in [5, 5.41) is 10.0. The maximum absolute atomic E-state index is 14.6.